The second-order valence-corrected chi connectivity index (χ2v) is 7.02. The van der Waals surface area contributed by atoms with E-state index in [1.807, 2.05) is 0 Å². The summed E-state index contributed by atoms with van der Waals surface area (Å²) in [4.78, 5) is 36.9. The van der Waals surface area contributed by atoms with Crippen LogP contribution in [0.15, 0.2) is 36.4 Å². The first kappa shape index (κ1) is 24.3. The number of phenolic OH excluding ortho intramolecular Hbond substituents is 4. The first-order valence-corrected chi connectivity index (χ1v) is 10.1. The minimum Gasteiger partial charge on any atom is -0.504 e. The van der Waals surface area contributed by atoms with Gasteiger partial charge in [-0.2, -0.15) is 0 Å². The van der Waals surface area contributed by atoms with Gasteiger partial charge in [-0.25, -0.2) is 0 Å². The third-order valence-electron chi connectivity index (χ3n) is 4.70. The van der Waals surface area contributed by atoms with E-state index < -0.39 is 46.8 Å². The van der Waals surface area contributed by atoms with Crippen molar-refractivity contribution in [2.24, 2.45) is 0 Å². The summed E-state index contributed by atoms with van der Waals surface area (Å²) in [5.41, 5.74) is -0.208. The van der Waals surface area contributed by atoms with Crippen LogP contribution in [0.5, 0.6) is 23.0 Å². The molecule has 10 heteroatoms. The van der Waals surface area contributed by atoms with Crippen molar-refractivity contribution in [1.82, 2.24) is 16.0 Å². The first-order chi connectivity index (χ1) is 15.3. The van der Waals surface area contributed by atoms with Gasteiger partial charge >= 0.3 is 0 Å². The van der Waals surface area contributed by atoms with E-state index in [-0.39, 0.29) is 24.1 Å². The number of hydrogen-bond donors (Lipinski definition) is 7. The summed E-state index contributed by atoms with van der Waals surface area (Å²) in [7, 11) is 0. The van der Waals surface area contributed by atoms with Crippen LogP contribution >= 0.6 is 0 Å². The zero-order chi connectivity index (χ0) is 23.7. The van der Waals surface area contributed by atoms with Crippen LogP contribution in [-0.2, 0) is 4.79 Å². The number of amides is 3. The number of carbonyl (C=O) groups excluding carboxylic acids is 3. The summed E-state index contributed by atoms with van der Waals surface area (Å²) < 4.78 is 0. The Bertz CT molecular complexity index is 978. The highest BCUT2D eigenvalue weighted by molar-refractivity contribution is 6.00. The number of rotatable bonds is 10. The number of benzene rings is 2. The molecule has 0 spiro atoms. The van der Waals surface area contributed by atoms with E-state index in [9.17, 15) is 34.8 Å². The van der Waals surface area contributed by atoms with Gasteiger partial charge in [0.05, 0.1) is 11.1 Å². The molecule has 0 bridgehead atoms. The Morgan fingerprint density at radius 2 is 1.38 bits per heavy atom. The minimum atomic E-state index is -0.880. The quantitative estimate of drug-likeness (QED) is 0.214. The summed E-state index contributed by atoms with van der Waals surface area (Å²) >= 11 is 0. The van der Waals surface area contributed by atoms with Crippen molar-refractivity contribution in [3.05, 3.63) is 47.5 Å². The second-order valence-electron chi connectivity index (χ2n) is 7.02. The number of likely N-dealkylation sites (N-methyl/N-ethyl adjacent to an activating group) is 1. The predicted molar refractivity (Wildman–Crippen MR) is 116 cm³/mol. The molecule has 0 aromatic heterocycles. The smallest absolute Gasteiger partial charge is 0.255 e. The molecule has 10 nitrogen and oxygen atoms in total. The maximum atomic E-state index is 12.5. The van der Waals surface area contributed by atoms with Gasteiger partial charge in [0, 0.05) is 13.1 Å². The van der Waals surface area contributed by atoms with Crippen LogP contribution in [0.4, 0.5) is 0 Å². The number of nitrogens with one attached hydrogen (secondary N) is 3. The third-order valence-corrected chi connectivity index (χ3v) is 4.70. The van der Waals surface area contributed by atoms with Crippen LogP contribution in [0.1, 0.15) is 46.9 Å². The van der Waals surface area contributed by atoms with Gasteiger partial charge in [-0.05, 0) is 50.5 Å². The molecule has 7 N–H and O–H groups in total. The number of aromatic hydroxyl groups is 4. The van der Waals surface area contributed by atoms with Gasteiger partial charge in [-0.1, -0.05) is 12.1 Å². The van der Waals surface area contributed by atoms with E-state index in [1.54, 1.807) is 6.92 Å². The summed E-state index contributed by atoms with van der Waals surface area (Å²) in [6, 6.07) is 7.16. The van der Waals surface area contributed by atoms with E-state index in [4.69, 9.17) is 0 Å². The van der Waals surface area contributed by atoms with E-state index in [2.05, 4.69) is 16.0 Å². The van der Waals surface area contributed by atoms with Gasteiger partial charge in [0.25, 0.3) is 11.8 Å². The number of phenols is 4. The molecule has 2 aromatic carbocycles. The fraction of sp³-hybridized carbons (Fsp3) is 0.318. The Labute approximate surface area is 184 Å². The maximum absolute atomic E-state index is 12.5. The Morgan fingerprint density at radius 1 is 0.812 bits per heavy atom. The topological polar surface area (TPSA) is 168 Å². The standard InChI is InChI=1S/C22H27N3O7/c1-2-23-22(32)15(25-21(31)14-8-6-11-17(27)19(14)29)9-3-4-12-24-20(30)13-7-5-10-16(26)18(13)28/h5-8,10-11,15,26-29H,2-4,9,12H2,1H3,(H,23,32)(H,24,30)(H,25,31). The normalized spacial score (nSPS) is 11.4. The van der Waals surface area contributed by atoms with Crippen LogP contribution in [0.25, 0.3) is 0 Å². The largest absolute Gasteiger partial charge is 0.504 e. The molecular formula is C22H27N3O7. The lowest BCUT2D eigenvalue weighted by molar-refractivity contribution is -0.123. The summed E-state index contributed by atoms with van der Waals surface area (Å²) in [5, 5.41) is 46.4. The van der Waals surface area contributed by atoms with Crippen LogP contribution < -0.4 is 16.0 Å². The molecule has 0 aliphatic carbocycles. The fourth-order valence-electron chi connectivity index (χ4n) is 3.00. The number of carbonyl (C=O) groups is 3. The van der Waals surface area contributed by atoms with Gasteiger partial charge in [0.1, 0.15) is 6.04 Å². The number of unbranched alkanes of at least 4 members (excludes halogenated alkanes) is 1. The van der Waals surface area contributed by atoms with E-state index in [0.29, 0.717) is 19.4 Å². The van der Waals surface area contributed by atoms with Crippen molar-refractivity contribution in [2.75, 3.05) is 13.1 Å². The van der Waals surface area contributed by atoms with Crippen molar-refractivity contribution >= 4 is 17.7 Å². The molecule has 1 unspecified atom stereocenters. The zero-order valence-electron chi connectivity index (χ0n) is 17.6. The highest BCUT2D eigenvalue weighted by Crippen LogP contribution is 2.29. The van der Waals surface area contributed by atoms with Crippen molar-refractivity contribution in [2.45, 2.75) is 32.2 Å². The Hall–Kier alpha value is -3.95. The van der Waals surface area contributed by atoms with E-state index >= 15 is 0 Å². The molecule has 3 amide bonds. The van der Waals surface area contributed by atoms with Gasteiger partial charge < -0.3 is 36.4 Å². The maximum Gasteiger partial charge on any atom is 0.255 e. The Balaban J connectivity index is 1.90. The molecule has 0 aliphatic heterocycles. The van der Waals surface area contributed by atoms with E-state index in [1.165, 1.54) is 36.4 Å². The molecule has 1 atom stereocenters. The Kier molecular flexibility index (Phi) is 8.70. The number of para-hydroxylation sites is 2. The average molecular weight is 445 g/mol. The molecule has 0 fully saturated rings. The summed E-state index contributed by atoms with van der Waals surface area (Å²) in [6.07, 6.45) is 1.22. The van der Waals surface area contributed by atoms with Gasteiger partial charge in [0.2, 0.25) is 5.91 Å². The van der Waals surface area contributed by atoms with Crippen molar-refractivity contribution < 1.29 is 34.8 Å². The molecule has 2 rings (SSSR count). The summed E-state index contributed by atoms with van der Waals surface area (Å²) in [6.45, 7) is 2.35. The molecule has 0 aliphatic rings. The van der Waals surface area contributed by atoms with Crippen LogP contribution in [0.2, 0.25) is 0 Å². The highest BCUT2D eigenvalue weighted by Gasteiger charge is 2.23. The monoisotopic (exact) mass is 445 g/mol. The average Bonchev–Trinajstić information content (AvgIpc) is 2.76. The second kappa shape index (κ2) is 11.4. The molecule has 0 saturated carbocycles. The van der Waals surface area contributed by atoms with Gasteiger partial charge in [0.15, 0.2) is 23.0 Å². The van der Waals surface area contributed by atoms with Gasteiger partial charge in [-0.3, -0.25) is 14.4 Å². The van der Waals surface area contributed by atoms with Crippen LogP contribution in [0.3, 0.4) is 0 Å². The lowest BCUT2D eigenvalue weighted by Gasteiger charge is -2.18. The fourth-order valence-corrected chi connectivity index (χ4v) is 3.00. The molecule has 2 aromatic rings. The van der Waals surface area contributed by atoms with Crippen LogP contribution in [0, 0.1) is 0 Å². The Morgan fingerprint density at radius 3 is 1.94 bits per heavy atom. The molecule has 32 heavy (non-hydrogen) atoms. The molecule has 0 heterocycles. The lowest BCUT2D eigenvalue weighted by atomic mass is 10.1. The number of hydrogen-bond acceptors (Lipinski definition) is 7. The van der Waals surface area contributed by atoms with Crippen molar-refractivity contribution in [3.63, 3.8) is 0 Å². The summed E-state index contributed by atoms with van der Waals surface area (Å²) in [5.74, 6) is -3.56. The predicted octanol–water partition coefficient (Wildman–Crippen LogP) is 1.34. The molecule has 0 radical (unpaired) electrons. The van der Waals surface area contributed by atoms with E-state index in [0.717, 1.165) is 0 Å². The lowest BCUT2D eigenvalue weighted by Crippen LogP contribution is -2.46. The highest BCUT2D eigenvalue weighted by atomic mass is 16.3. The first-order valence-electron chi connectivity index (χ1n) is 10.1. The van der Waals surface area contributed by atoms with Crippen molar-refractivity contribution in [3.8, 4) is 23.0 Å². The van der Waals surface area contributed by atoms with Crippen molar-refractivity contribution in [1.29, 1.82) is 0 Å². The SMILES string of the molecule is CCNC(=O)C(CCCCNC(=O)c1cccc(O)c1O)NC(=O)c1cccc(O)c1O. The van der Waals surface area contributed by atoms with Crippen LogP contribution in [-0.4, -0.2) is 57.3 Å². The molecule has 0 saturated heterocycles. The zero-order valence-corrected chi connectivity index (χ0v) is 17.6. The van der Waals surface area contributed by atoms with Gasteiger partial charge in [-0.15, -0.1) is 0 Å². The third kappa shape index (κ3) is 6.27. The molecular weight excluding hydrogens is 418 g/mol. The minimum absolute atomic E-state index is 0.0524. The molecule has 172 valence electrons.